The van der Waals surface area contributed by atoms with Crippen molar-refractivity contribution in [3.8, 4) is 0 Å². The van der Waals surface area contributed by atoms with Crippen molar-refractivity contribution >= 4 is 17.4 Å². The number of hydrogen-bond donors (Lipinski definition) is 1. The second-order valence-corrected chi connectivity index (χ2v) is 6.12. The molecule has 6 heteroatoms. The van der Waals surface area contributed by atoms with Crippen molar-refractivity contribution in [1.29, 1.82) is 0 Å². The molecule has 5 nitrogen and oxygen atoms in total. The van der Waals surface area contributed by atoms with Crippen LogP contribution >= 0.6 is 11.5 Å². The molecule has 2 fully saturated rings. The molecule has 0 aliphatic carbocycles. The van der Waals surface area contributed by atoms with E-state index in [2.05, 4.69) is 19.8 Å². The van der Waals surface area contributed by atoms with E-state index in [1.807, 2.05) is 6.92 Å². The number of aromatic nitrogens is 2. The van der Waals surface area contributed by atoms with E-state index in [0.717, 1.165) is 25.1 Å². The zero-order valence-electron chi connectivity index (χ0n) is 11.3. The molecule has 104 valence electrons. The summed E-state index contributed by atoms with van der Waals surface area (Å²) in [5.74, 6) is 0.0178. The fourth-order valence-electron chi connectivity index (χ4n) is 3.26. The number of aryl methyl sites for hydroxylation is 1. The Balaban J connectivity index is 1.66. The van der Waals surface area contributed by atoms with Gasteiger partial charge in [-0.2, -0.15) is 0 Å². The molecule has 3 heterocycles. The quantitative estimate of drug-likeness (QED) is 0.910. The average molecular weight is 280 g/mol. The van der Waals surface area contributed by atoms with E-state index in [1.165, 1.54) is 37.3 Å². The van der Waals surface area contributed by atoms with Crippen LogP contribution < -0.4 is 5.32 Å². The number of carbonyl (C=O) groups is 1. The van der Waals surface area contributed by atoms with Gasteiger partial charge in [0.15, 0.2) is 0 Å². The summed E-state index contributed by atoms with van der Waals surface area (Å²) < 4.78 is 3.89. The second kappa shape index (κ2) is 5.54. The first-order chi connectivity index (χ1) is 9.29. The molecule has 2 aliphatic heterocycles. The molecule has 2 aliphatic rings. The van der Waals surface area contributed by atoms with E-state index < -0.39 is 0 Å². The van der Waals surface area contributed by atoms with Gasteiger partial charge in [0.1, 0.15) is 4.88 Å². The summed E-state index contributed by atoms with van der Waals surface area (Å²) in [6.45, 7) is 4.32. The molecule has 1 N–H and O–H groups in total. The topological polar surface area (TPSA) is 58.1 Å². The maximum absolute atomic E-state index is 12.3. The molecule has 1 aromatic heterocycles. The van der Waals surface area contributed by atoms with Crippen molar-refractivity contribution in [3.63, 3.8) is 0 Å². The largest absolute Gasteiger partial charge is 0.347 e. The molecule has 0 saturated carbocycles. The van der Waals surface area contributed by atoms with Gasteiger partial charge in [-0.1, -0.05) is 17.8 Å². The van der Waals surface area contributed by atoms with E-state index in [4.69, 9.17) is 0 Å². The molecule has 1 amide bonds. The van der Waals surface area contributed by atoms with Crippen LogP contribution in [0, 0.1) is 0 Å². The van der Waals surface area contributed by atoms with Crippen LogP contribution in [0.3, 0.4) is 0 Å². The zero-order chi connectivity index (χ0) is 13.2. The van der Waals surface area contributed by atoms with Gasteiger partial charge in [0.05, 0.1) is 5.69 Å². The Morgan fingerprint density at radius 3 is 3.16 bits per heavy atom. The third kappa shape index (κ3) is 2.51. The minimum absolute atomic E-state index is 0.0178. The van der Waals surface area contributed by atoms with Crippen LogP contribution in [0.15, 0.2) is 0 Å². The van der Waals surface area contributed by atoms with E-state index in [9.17, 15) is 4.79 Å². The molecule has 0 aromatic carbocycles. The molecular formula is C13H20N4OS. The maximum atomic E-state index is 12.3. The third-order valence-corrected chi connectivity index (χ3v) is 5.04. The standard InChI is InChI=1S/C13H20N4OS/c1-2-9-12(19-16-15-9)13(18)14-10-6-8-17-7-4-3-5-11(10)17/h10-11H,2-8H2,1H3,(H,14,18)/t10-,11-/m0/s1. The van der Waals surface area contributed by atoms with Crippen molar-refractivity contribution in [3.05, 3.63) is 10.6 Å². The fourth-order valence-corrected chi connectivity index (χ4v) is 3.92. The molecule has 2 saturated heterocycles. The minimum Gasteiger partial charge on any atom is -0.347 e. The van der Waals surface area contributed by atoms with Gasteiger partial charge < -0.3 is 5.32 Å². The summed E-state index contributed by atoms with van der Waals surface area (Å²) in [5, 5.41) is 7.21. The number of hydrogen-bond acceptors (Lipinski definition) is 5. The minimum atomic E-state index is 0.0178. The molecule has 0 spiro atoms. The van der Waals surface area contributed by atoms with Crippen LogP contribution in [0.4, 0.5) is 0 Å². The van der Waals surface area contributed by atoms with Gasteiger partial charge in [0, 0.05) is 18.6 Å². The number of nitrogens with one attached hydrogen (secondary N) is 1. The van der Waals surface area contributed by atoms with Gasteiger partial charge in [-0.3, -0.25) is 9.69 Å². The molecule has 2 atom stereocenters. The van der Waals surface area contributed by atoms with Crippen molar-refractivity contribution in [2.24, 2.45) is 0 Å². The van der Waals surface area contributed by atoms with E-state index in [1.54, 1.807) is 0 Å². The van der Waals surface area contributed by atoms with Gasteiger partial charge in [0.25, 0.3) is 5.91 Å². The highest BCUT2D eigenvalue weighted by Crippen LogP contribution is 2.27. The number of amides is 1. The van der Waals surface area contributed by atoms with E-state index >= 15 is 0 Å². The number of fused-ring (bicyclic) bond motifs is 1. The van der Waals surface area contributed by atoms with Crippen LogP contribution in [-0.2, 0) is 6.42 Å². The van der Waals surface area contributed by atoms with Crippen LogP contribution in [-0.4, -0.2) is 45.6 Å². The molecular weight excluding hydrogens is 260 g/mol. The second-order valence-electron chi connectivity index (χ2n) is 5.37. The average Bonchev–Trinajstić information content (AvgIpc) is 3.05. The van der Waals surface area contributed by atoms with E-state index in [-0.39, 0.29) is 5.91 Å². The smallest absolute Gasteiger partial charge is 0.265 e. The highest BCUT2D eigenvalue weighted by Gasteiger charge is 2.36. The first-order valence-electron chi connectivity index (χ1n) is 7.15. The lowest BCUT2D eigenvalue weighted by Crippen LogP contribution is -2.46. The van der Waals surface area contributed by atoms with Crippen molar-refractivity contribution < 1.29 is 4.79 Å². The Morgan fingerprint density at radius 2 is 2.32 bits per heavy atom. The summed E-state index contributed by atoms with van der Waals surface area (Å²) in [6, 6.07) is 0.850. The Hall–Kier alpha value is -1.01. The van der Waals surface area contributed by atoms with Crippen LogP contribution in [0.5, 0.6) is 0 Å². The first-order valence-corrected chi connectivity index (χ1v) is 7.93. The summed E-state index contributed by atoms with van der Waals surface area (Å²) in [4.78, 5) is 15.5. The first kappa shape index (κ1) is 13.0. The van der Waals surface area contributed by atoms with Crippen molar-refractivity contribution in [2.45, 2.75) is 51.1 Å². The van der Waals surface area contributed by atoms with Gasteiger partial charge >= 0.3 is 0 Å². The summed E-state index contributed by atoms with van der Waals surface area (Å²) in [7, 11) is 0. The van der Waals surface area contributed by atoms with Gasteiger partial charge in [-0.15, -0.1) is 5.10 Å². The molecule has 0 unspecified atom stereocenters. The number of rotatable bonds is 3. The third-order valence-electron chi connectivity index (χ3n) is 4.27. The summed E-state index contributed by atoms with van der Waals surface area (Å²) in [6.07, 6.45) is 5.64. The monoisotopic (exact) mass is 280 g/mol. The summed E-state index contributed by atoms with van der Waals surface area (Å²) in [5.41, 5.74) is 0.820. The lowest BCUT2D eigenvalue weighted by atomic mass is 9.99. The number of piperidine rings is 1. The Morgan fingerprint density at radius 1 is 1.42 bits per heavy atom. The molecule has 19 heavy (non-hydrogen) atoms. The van der Waals surface area contributed by atoms with Gasteiger partial charge in [0.2, 0.25) is 0 Å². The van der Waals surface area contributed by atoms with Crippen LogP contribution in [0.2, 0.25) is 0 Å². The SMILES string of the molecule is CCc1nnsc1C(=O)N[C@H]1CCN2CCCC[C@@H]12. The molecule has 0 radical (unpaired) electrons. The highest BCUT2D eigenvalue weighted by atomic mass is 32.1. The molecule has 1 aromatic rings. The van der Waals surface area contributed by atoms with Crippen LogP contribution in [0.25, 0.3) is 0 Å². The highest BCUT2D eigenvalue weighted by molar-refractivity contribution is 7.08. The Kier molecular flexibility index (Phi) is 3.79. The van der Waals surface area contributed by atoms with Crippen molar-refractivity contribution in [1.82, 2.24) is 19.8 Å². The van der Waals surface area contributed by atoms with Crippen molar-refractivity contribution in [2.75, 3.05) is 13.1 Å². The molecule has 3 rings (SSSR count). The summed E-state index contributed by atoms with van der Waals surface area (Å²) >= 11 is 1.21. The van der Waals surface area contributed by atoms with Crippen LogP contribution in [0.1, 0.15) is 48.0 Å². The Bertz CT molecular complexity index is 461. The predicted molar refractivity (Wildman–Crippen MR) is 74.4 cm³/mol. The maximum Gasteiger partial charge on any atom is 0.265 e. The lowest BCUT2D eigenvalue weighted by molar-refractivity contribution is 0.0918. The van der Waals surface area contributed by atoms with Gasteiger partial charge in [-0.05, 0) is 43.8 Å². The lowest BCUT2D eigenvalue weighted by Gasteiger charge is -2.32. The number of carbonyl (C=O) groups excluding carboxylic acids is 1. The molecule has 0 bridgehead atoms. The normalized spacial score (nSPS) is 27.2. The number of nitrogens with zero attached hydrogens (tertiary/aromatic N) is 3. The Labute approximate surface area is 117 Å². The predicted octanol–water partition coefficient (Wildman–Crippen LogP) is 1.46. The zero-order valence-corrected chi connectivity index (χ0v) is 12.1. The fraction of sp³-hybridized carbons (Fsp3) is 0.769. The van der Waals surface area contributed by atoms with Gasteiger partial charge in [-0.25, -0.2) is 0 Å². The van der Waals surface area contributed by atoms with E-state index in [0.29, 0.717) is 17.0 Å².